The first-order valence-corrected chi connectivity index (χ1v) is 5.97. The molecule has 0 aromatic heterocycles. The molecule has 0 bridgehead atoms. The molecule has 0 aromatic rings. The van der Waals surface area contributed by atoms with Crippen LogP contribution in [-0.2, 0) is 24.4 Å². The van der Waals surface area contributed by atoms with Crippen molar-refractivity contribution in [3.8, 4) is 0 Å². The summed E-state index contributed by atoms with van der Waals surface area (Å²) < 4.78 is 1.61. The zero-order valence-electron chi connectivity index (χ0n) is 5.81. The van der Waals surface area contributed by atoms with Gasteiger partial charge < -0.3 is 0 Å². The molecule has 0 aliphatic heterocycles. The third-order valence-electron chi connectivity index (χ3n) is 0.880. The van der Waals surface area contributed by atoms with Gasteiger partial charge in [-0.1, -0.05) is 22.0 Å². The van der Waals surface area contributed by atoms with Crippen LogP contribution in [0.1, 0.15) is 6.42 Å². The number of alkyl halides is 1. The second-order valence-corrected chi connectivity index (χ2v) is 4.72. The van der Waals surface area contributed by atoms with Crippen molar-refractivity contribution in [3.05, 3.63) is 34.2 Å². The topological polar surface area (TPSA) is 0 Å². The SMILES string of the molecule is C=CCBr.[Hf][C]1=CC=CC1. The first kappa shape index (κ1) is 10.6. The first-order valence-electron chi connectivity index (χ1n) is 3.05. The Balaban J connectivity index is 0.000000180. The van der Waals surface area contributed by atoms with Crippen LogP contribution in [0.3, 0.4) is 0 Å². The van der Waals surface area contributed by atoms with Crippen LogP contribution in [0.25, 0.3) is 0 Å². The maximum absolute atomic E-state index is 3.43. The van der Waals surface area contributed by atoms with Gasteiger partial charge in [-0.15, -0.1) is 6.58 Å². The monoisotopic (exact) mass is 365 g/mol. The van der Waals surface area contributed by atoms with Gasteiger partial charge in [0.15, 0.2) is 0 Å². The Bertz CT molecular complexity index is 147. The Labute approximate surface area is 85.8 Å². The van der Waals surface area contributed by atoms with Gasteiger partial charge in [0.2, 0.25) is 0 Å². The molecule has 53 valence electrons. The van der Waals surface area contributed by atoms with Crippen molar-refractivity contribution in [2.24, 2.45) is 0 Å². The average molecular weight is 365 g/mol. The molecule has 0 spiro atoms. The van der Waals surface area contributed by atoms with Gasteiger partial charge in [-0.2, -0.15) is 0 Å². The minimum atomic E-state index is 0.896. The van der Waals surface area contributed by atoms with Crippen LogP contribution in [0.5, 0.6) is 0 Å². The summed E-state index contributed by atoms with van der Waals surface area (Å²) in [5.41, 5.74) is 0. The Morgan fingerprint density at radius 2 is 2.40 bits per heavy atom. The van der Waals surface area contributed by atoms with Gasteiger partial charge >= 0.3 is 52.4 Å². The first-order chi connectivity index (χ1) is 4.81. The predicted molar refractivity (Wildman–Crippen MR) is 45.8 cm³/mol. The fourth-order valence-electron chi connectivity index (χ4n) is 0.447. The summed E-state index contributed by atoms with van der Waals surface area (Å²) in [5, 5.41) is 0.896. The standard InChI is InChI=1S/C5H5.C3H5Br.Hf/c1-2-4-5-3-1;1-2-3-4;/h1-3H,4H2;2H,1,3H2;. The Kier molecular flexibility index (Phi) is 8.11. The summed E-state index contributed by atoms with van der Waals surface area (Å²) in [7, 11) is 0. The van der Waals surface area contributed by atoms with Crippen LogP contribution in [0.4, 0.5) is 0 Å². The molecule has 0 atom stereocenters. The van der Waals surface area contributed by atoms with Crippen molar-refractivity contribution in [2.75, 3.05) is 5.33 Å². The summed E-state index contributed by atoms with van der Waals surface area (Å²) in [6.07, 6.45) is 9.54. The molecule has 1 aliphatic carbocycles. The van der Waals surface area contributed by atoms with E-state index in [0.29, 0.717) is 0 Å². The maximum atomic E-state index is 3.43. The molecule has 1 aliphatic rings. The number of rotatable bonds is 1. The molecule has 0 saturated carbocycles. The van der Waals surface area contributed by atoms with E-state index in [1.165, 1.54) is 30.8 Å². The van der Waals surface area contributed by atoms with Crippen molar-refractivity contribution < 1.29 is 24.4 Å². The van der Waals surface area contributed by atoms with E-state index in [2.05, 4.69) is 40.7 Å². The van der Waals surface area contributed by atoms with Gasteiger partial charge in [-0.05, 0) is 0 Å². The van der Waals surface area contributed by atoms with Gasteiger partial charge in [0.1, 0.15) is 0 Å². The Morgan fingerprint density at radius 1 is 1.80 bits per heavy atom. The molecule has 0 saturated heterocycles. The Hall–Kier alpha value is 0.570. The predicted octanol–water partition coefficient (Wildman–Crippen LogP) is 2.94. The van der Waals surface area contributed by atoms with Crippen molar-refractivity contribution >= 4 is 15.9 Å². The number of hydrogen-bond donors (Lipinski definition) is 0. The summed E-state index contributed by atoms with van der Waals surface area (Å²) >= 11 is 4.38. The van der Waals surface area contributed by atoms with Gasteiger partial charge in [-0.3, -0.25) is 0 Å². The molecule has 0 unspecified atom stereocenters. The molecule has 1 rings (SSSR count). The van der Waals surface area contributed by atoms with Crippen LogP contribution in [-0.4, -0.2) is 5.33 Å². The molecule has 0 N–H and O–H groups in total. The van der Waals surface area contributed by atoms with E-state index >= 15 is 0 Å². The quantitative estimate of drug-likeness (QED) is 0.381. The normalized spacial score (nSPS) is 13.4. The molecular formula is C8H10BrHf. The molecular weight excluding hydrogens is 354 g/mol. The second kappa shape index (κ2) is 7.67. The summed E-state index contributed by atoms with van der Waals surface area (Å²) in [6, 6.07) is 0. The number of halogens is 1. The van der Waals surface area contributed by atoms with Gasteiger partial charge in [0, 0.05) is 5.33 Å². The fraction of sp³-hybridized carbons (Fsp3) is 0.250. The second-order valence-electron chi connectivity index (χ2n) is 1.77. The van der Waals surface area contributed by atoms with E-state index in [1.807, 2.05) is 0 Å². The van der Waals surface area contributed by atoms with E-state index in [0.717, 1.165) is 5.33 Å². The molecule has 0 radical (unpaired) electrons. The van der Waals surface area contributed by atoms with Gasteiger partial charge in [0.25, 0.3) is 0 Å². The van der Waals surface area contributed by atoms with E-state index in [1.54, 1.807) is 9.41 Å². The average Bonchev–Trinajstić information content (AvgIpc) is 2.40. The van der Waals surface area contributed by atoms with Crippen molar-refractivity contribution in [1.29, 1.82) is 0 Å². The van der Waals surface area contributed by atoms with Gasteiger partial charge in [-0.25, -0.2) is 0 Å². The molecule has 2 heteroatoms. The third kappa shape index (κ3) is 6.69. The molecule has 0 amide bonds. The van der Waals surface area contributed by atoms with Crippen molar-refractivity contribution in [2.45, 2.75) is 6.42 Å². The van der Waals surface area contributed by atoms with E-state index in [4.69, 9.17) is 0 Å². The molecule has 10 heavy (non-hydrogen) atoms. The summed E-state index contributed by atoms with van der Waals surface area (Å²) in [5.74, 6) is 0. The fourth-order valence-corrected chi connectivity index (χ4v) is 1.22. The molecule has 0 aromatic carbocycles. The zero-order chi connectivity index (χ0) is 7.82. The number of hydrogen-bond acceptors (Lipinski definition) is 0. The van der Waals surface area contributed by atoms with Gasteiger partial charge in [0.05, 0.1) is 0 Å². The van der Waals surface area contributed by atoms with Crippen molar-refractivity contribution in [1.82, 2.24) is 0 Å². The van der Waals surface area contributed by atoms with Crippen LogP contribution in [0.2, 0.25) is 0 Å². The summed E-state index contributed by atoms with van der Waals surface area (Å²) in [4.78, 5) is 0. The van der Waals surface area contributed by atoms with E-state index < -0.39 is 0 Å². The van der Waals surface area contributed by atoms with E-state index in [9.17, 15) is 0 Å². The minimum absolute atomic E-state index is 0.896. The van der Waals surface area contributed by atoms with Crippen LogP contribution >= 0.6 is 15.9 Å². The number of allylic oxidation sites excluding steroid dienone is 5. The molecule has 0 nitrogen and oxygen atoms in total. The van der Waals surface area contributed by atoms with Crippen LogP contribution in [0, 0.1) is 0 Å². The molecule has 0 fully saturated rings. The zero-order valence-corrected chi connectivity index (χ0v) is 11.0. The summed E-state index contributed by atoms with van der Waals surface area (Å²) in [6.45, 7) is 3.43. The van der Waals surface area contributed by atoms with Crippen LogP contribution in [0.15, 0.2) is 34.2 Å². The van der Waals surface area contributed by atoms with Crippen LogP contribution < -0.4 is 0 Å². The third-order valence-corrected chi connectivity index (χ3v) is 2.67. The molecule has 0 heterocycles. The Morgan fingerprint density at radius 3 is 2.50 bits per heavy atom. The van der Waals surface area contributed by atoms with Crippen molar-refractivity contribution in [3.63, 3.8) is 0 Å². The van der Waals surface area contributed by atoms with E-state index in [-0.39, 0.29) is 0 Å².